The molecule has 1 unspecified atom stereocenters. The van der Waals surface area contributed by atoms with Crippen LogP contribution in [0, 0.1) is 5.82 Å². The van der Waals surface area contributed by atoms with E-state index in [4.69, 9.17) is 0 Å². The van der Waals surface area contributed by atoms with Crippen molar-refractivity contribution in [2.24, 2.45) is 5.10 Å². The number of benzene rings is 1. The van der Waals surface area contributed by atoms with Crippen molar-refractivity contribution in [3.8, 4) is 0 Å². The average molecular weight is 297 g/mol. The Morgan fingerprint density at radius 2 is 2.00 bits per heavy atom. The lowest BCUT2D eigenvalue weighted by Crippen LogP contribution is -2.38. The minimum absolute atomic E-state index is 0.219. The Bertz CT molecular complexity index is 548. The maximum atomic E-state index is 13.1. The molecule has 7 nitrogen and oxygen atoms in total. The van der Waals surface area contributed by atoms with Gasteiger partial charge in [0.15, 0.2) is 6.04 Å². The SMILES string of the molecule is COC(=O)NN=C(C)C(Nc1cccc(F)c1)C(=O)OC. The zero-order chi connectivity index (χ0) is 15.8. The van der Waals surface area contributed by atoms with E-state index in [2.05, 4.69) is 25.3 Å². The van der Waals surface area contributed by atoms with Crippen LogP contribution in [-0.4, -0.2) is 38.0 Å². The van der Waals surface area contributed by atoms with Gasteiger partial charge in [-0.25, -0.2) is 19.4 Å². The quantitative estimate of drug-likeness (QED) is 0.488. The van der Waals surface area contributed by atoms with Crippen LogP contribution < -0.4 is 10.7 Å². The number of nitrogens with one attached hydrogen (secondary N) is 2. The van der Waals surface area contributed by atoms with Gasteiger partial charge in [0, 0.05) is 5.69 Å². The van der Waals surface area contributed by atoms with Gasteiger partial charge in [0.2, 0.25) is 0 Å². The van der Waals surface area contributed by atoms with Gasteiger partial charge in [0.05, 0.1) is 19.9 Å². The fourth-order valence-electron chi connectivity index (χ4n) is 1.44. The Morgan fingerprint density at radius 3 is 2.57 bits per heavy atom. The minimum Gasteiger partial charge on any atom is -0.467 e. The van der Waals surface area contributed by atoms with E-state index in [-0.39, 0.29) is 5.71 Å². The largest absolute Gasteiger partial charge is 0.467 e. The number of carbonyl (C=O) groups excluding carboxylic acids is 2. The Labute approximate surface area is 121 Å². The summed E-state index contributed by atoms with van der Waals surface area (Å²) < 4.78 is 22.1. The number of hydrazone groups is 1. The Kier molecular flexibility index (Phi) is 6.12. The highest BCUT2D eigenvalue weighted by molar-refractivity contribution is 6.07. The normalized spacial score (nSPS) is 12.3. The molecular weight excluding hydrogens is 281 g/mol. The van der Waals surface area contributed by atoms with E-state index in [9.17, 15) is 14.0 Å². The number of halogens is 1. The van der Waals surface area contributed by atoms with Crippen molar-refractivity contribution >= 4 is 23.5 Å². The highest BCUT2D eigenvalue weighted by Crippen LogP contribution is 2.11. The van der Waals surface area contributed by atoms with Crippen molar-refractivity contribution < 1.29 is 23.5 Å². The predicted molar refractivity (Wildman–Crippen MR) is 74.5 cm³/mol. The lowest BCUT2D eigenvalue weighted by Gasteiger charge is -2.17. The van der Waals surface area contributed by atoms with Crippen molar-refractivity contribution in [3.05, 3.63) is 30.1 Å². The molecule has 8 heteroatoms. The first-order valence-electron chi connectivity index (χ1n) is 5.96. The topological polar surface area (TPSA) is 89.0 Å². The zero-order valence-corrected chi connectivity index (χ0v) is 11.8. The molecular formula is C13H16FN3O4. The third kappa shape index (κ3) is 5.09. The Hall–Kier alpha value is -2.64. The van der Waals surface area contributed by atoms with Crippen LogP contribution in [0.1, 0.15) is 6.92 Å². The summed E-state index contributed by atoms with van der Waals surface area (Å²) in [4.78, 5) is 22.7. The molecule has 1 aromatic carbocycles. The van der Waals surface area contributed by atoms with Crippen LogP contribution in [0.3, 0.4) is 0 Å². The van der Waals surface area contributed by atoms with Crippen LogP contribution in [0.5, 0.6) is 0 Å². The van der Waals surface area contributed by atoms with Crippen molar-refractivity contribution in [3.63, 3.8) is 0 Å². The van der Waals surface area contributed by atoms with Gasteiger partial charge < -0.3 is 14.8 Å². The third-order valence-corrected chi connectivity index (χ3v) is 2.50. The number of anilines is 1. The Balaban J connectivity index is 2.90. The second-order valence-electron chi connectivity index (χ2n) is 3.97. The zero-order valence-electron chi connectivity index (χ0n) is 11.8. The number of rotatable bonds is 5. The number of methoxy groups -OCH3 is 2. The van der Waals surface area contributed by atoms with Gasteiger partial charge >= 0.3 is 12.1 Å². The number of carbonyl (C=O) groups is 2. The summed E-state index contributed by atoms with van der Waals surface area (Å²) in [6.07, 6.45) is -0.774. The molecule has 0 aliphatic rings. The molecule has 0 bridgehead atoms. The first kappa shape index (κ1) is 16.4. The number of nitrogens with zero attached hydrogens (tertiary/aromatic N) is 1. The number of hydrogen-bond donors (Lipinski definition) is 2. The summed E-state index contributed by atoms with van der Waals surface area (Å²) in [6.45, 7) is 1.50. The van der Waals surface area contributed by atoms with E-state index in [1.807, 2.05) is 0 Å². The molecule has 1 atom stereocenters. The number of ether oxygens (including phenoxy) is 2. The van der Waals surface area contributed by atoms with Gasteiger partial charge in [-0.15, -0.1) is 0 Å². The van der Waals surface area contributed by atoms with Crippen LogP contribution in [0.2, 0.25) is 0 Å². The maximum absolute atomic E-state index is 13.1. The second-order valence-corrected chi connectivity index (χ2v) is 3.97. The fourth-order valence-corrected chi connectivity index (χ4v) is 1.44. The van der Waals surface area contributed by atoms with E-state index >= 15 is 0 Å². The van der Waals surface area contributed by atoms with E-state index in [0.717, 1.165) is 0 Å². The molecule has 0 fully saturated rings. The molecule has 0 heterocycles. The van der Waals surface area contributed by atoms with Gasteiger partial charge in [-0.1, -0.05) is 6.07 Å². The molecule has 0 saturated carbocycles. The molecule has 0 saturated heterocycles. The smallest absolute Gasteiger partial charge is 0.427 e. The summed E-state index contributed by atoms with van der Waals surface area (Å²) >= 11 is 0. The Morgan fingerprint density at radius 1 is 1.29 bits per heavy atom. The van der Waals surface area contributed by atoms with Crippen LogP contribution in [0.25, 0.3) is 0 Å². The summed E-state index contributed by atoms with van der Waals surface area (Å²) in [6, 6.07) is 4.59. The minimum atomic E-state index is -0.978. The van der Waals surface area contributed by atoms with E-state index < -0.39 is 23.9 Å². The standard InChI is InChI=1S/C13H16FN3O4/c1-8(16-17-13(19)21-3)11(12(18)20-2)15-10-6-4-5-9(14)7-10/h4-7,11,15H,1-3H3,(H,17,19). The lowest BCUT2D eigenvalue weighted by atomic mass is 10.2. The molecule has 114 valence electrons. The molecule has 1 amide bonds. The first-order valence-corrected chi connectivity index (χ1v) is 5.96. The highest BCUT2D eigenvalue weighted by Gasteiger charge is 2.23. The molecule has 2 N–H and O–H groups in total. The summed E-state index contributed by atoms with van der Waals surface area (Å²) in [5, 5.41) is 6.49. The van der Waals surface area contributed by atoms with Crippen LogP contribution in [0.4, 0.5) is 14.9 Å². The first-order chi connectivity index (χ1) is 9.97. The van der Waals surface area contributed by atoms with E-state index in [1.165, 1.54) is 39.3 Å². The van der Waals surface area contributed by atoms with Gasteiger partial charge in [-0.05, 0) is 25.1 Å². The van der Waals surface area contributed by atoms with E-state index in [1.54, 1.807) is 6.07 Å². The summed E-state index contributed by atoms with van der Waals surface area (Å²) in [5.41, 5.74) is 2.69. The predicted octanol–water partition coefficient (Wildman–Crippen LogP) is 1.51. The highest BCUT2D eigenvalue weighted by atomic mass is 19.1. The average Bonchev–Trinajstić information content (AvgIpc) is 2.49. The molecule has 1 aromatic rings. The van der Waals surface area contributed by atoms with Crippen LogP contribution in [0.15, 0.2) is 29.4 Å². The van der Waals surface area contributed by atoms with E-state index in [0.29, 0.717) is 5.69 Å². The van der Waals surface area contributed by atoms with Crippen molar-refractivity contribution in [1.82, 2.24) is 5.43 Å². The van der Waals surface area contributed by atoms with Gasteiger partial charge in [-0.3, -0.25) is 0 Å². The number of hydrogen-bond acceptors (Lipinski definition) is 6. The molecule has 0 aliphatic carbocycles. The van der Waals surface area contributed by atoms with Crippen LogP contribution in [-0.2, 0) is 14.3 Å². The molecule has 0 aromatic heterocycles. The van der Waals surface area contributed by atoms with Crippen molar-refractivity contribution in [1.29, 1.82) is 0 Å². The summed E-state index contributed by atoms with van der Waals surface area (Å²) in [7, 11) is 2.40. The molecule has 0 radical (unpaired) electrons. The molecule has 1 rings (SSSR count). The maximum Gasteiger partial charge on any atom is 0.427 e. The lowest BCUT2D eigenvalue weighted by molar-refractivity contribution is -0.139. The van der Waals surface area contributed by atoms with Gasteiger partial charge in [0.25, 0.3) is 0 Å². The molecule has 21 heavy (non-hydrogen) atoms. The second kappa shape index (κ2) is 7.83. The third-order valence-electron chi connectivity index (χ3n) is 2.50. The van der Waals surface area contributed by atoms with Crippen molar-refractivity contribution in [2.45, 2.75) is 13.0 Å². The van der Waals surface area contributed by atoms with Gasteiger partial charge in [0.1, 0.15) is 5.82 Å². The summed E-state index contributed by atoms with van der Waals surface area (Å²) in [5.74, 6) is -1.09. The van der Waals surface area contributed by atoms with Crippen molar-refractivity contribution in [2.75, 3.05) is 19.5 Å². The van der Waals surface area contributed by atoms with Gasteiger partial charge in [-0.2, -0.15) is 5.10 Å². The van der Waals surface area contributed by atoms with Crippen LogP contribution >= 0.6 is 0 Å². The number of esters is 1. The molecule has 0 spiro atoms. The fraction of sp³-hybridized carbons (Fsp3) is 0.308. The monoisotopic (exact) mass is 297 g/mol. The number of amides is 1. The molecule has 0 aliphatic heterocycles.